The van der Waals surface area contributed by atoms with Gasteiger partial charge in [-0.25, -0.2) is 9.07 Å². The third-order valence-electron chi connectivity index (χ3n) is 4.24. The van der Waals surface area contributed by atoms with Crippen LogP contribution in [0.15, 0.2) is 36.7 Å². The van der Waals surface area contributed by atoms with Gasteiger partial charge in [-0.05, 0) is 43.5 Å². The topological polar surface area (TPSA) is 55.9 Å². The molecule has 1 aliphatic rings. The van der Waals surface area contributed by atoms with Gasteiger partial charge in [0.1, 0.15) is 5.67 Å². The number of benzene rings is 1. The normalized spacial score (nSPS) is 24.8. The Hall–Kier alpha value is -1.43. The van der Waals surface area contributed by atoms with E-state index >= 15 is 0 Å². The van der Waals surface area contributed by atoms with Gasteiger partial charge in [-0.15, -0.1) is 0 Å². The molecule has 1 heterocycles. The Morgan fingerprint density at radius 1 is 1.41 bits per heavy atom. The fourth-order valence-corrected chi connectivity index (χ4v) is 3.01. The molecule has 1 aromatic heterocycles. The zero-order valence-corrected chi connectivity index (χ0v) is 13.1. The highest BCUT2D eigenvalue weighted by atomic mass is 35.5. The first-order valence-electron chi connectivity index (χ1n) is 7.50. The van der Waals surface area contributed by atoms with Gasteiger partial charge in [0, 0.05) is 35.9 Å². The molecule has 1 aliphatic carbocycles. The molecule has 4 nitrogen and oxygen atoms in total. The van der Waals surface area contributed by atoms with E-state index < -0.39 is 5.67 Å². The summed E-state index contributed by atoms with van der Waals surface area (Å²) in [6.07, 6.45) is 5.66. The fourth-order valence-electron chi connectivity index (χ4n) is 2.89. The van der Waals surface area contributed by atoms with Gasteiger partial charge < -0.3 is 11.1 Å². The highest BCUT2D eigenvalue weighted by Crippen LogP contribution is 2.32. The van der Waals surface area contributed by atoms with Gasteiger partial charge in [-0.2, -0.15) is 5.10 Å². The molecule has 1 saturated carbocycles. The Kier molecular flexibility index (Phi) is 4.47. The molecule has 3 N–H and O–H groups in total. The number of alkyl halides is 1. The average molecular weight is 323 g/mol. The number of rotatable bonds is 5. The number of nitrogens with zero attached hydrogens (tertiary/aromatic N) is 2. The summed E-state index contributed by atoms with van der Waals surface area (Å²) in [5.74, 6) is 0. The Morgan fingerprint density at radius 2 is 2.18 bits per heavy atom. The van der Waals surface area contributed by atoms with Crippen LogP contribution < -0.4 is 11.1 Å². The average Bonchev–Trinajstić information content (AvgIpc) is 3.14. The summed E-state index contributed by atoms with van der Waals surface area (Å²) in [5, 5.41) is 8.44. The Labute approximate surface area is 134 Å². The molecule has 2 atom stereocenters. The van der Waals surface area contributed by atoms with E-state index in [0.717, 1.165) is 17.7 Å². The third kappa shape index (κ3) is 3.48. The summed E-state index contributed by atoms with van der Waals surface area (Å²) < 4.78 is 15.9. The molecule has 0 radical (unpaired) electrons. The molecule has 1 fully saturated rings. The summed E-state index contributed by atoms with van der Waals surface area (Å²) in [7, 11) is 0. The van der Waals surface area contributed by atoms with Crippen molar-refractivity contribution in [2.45, 2.75) is 37.5 Å². The number of nitrogens with one attached hydrogen (secondary N) is 1. The van der Waals surface area contributed by atoms with Crippen LogP contribution in [0.4, 0.5) is 4.39 Å². The molecule has 0 aliphatic heterocycles. The van der Waals surface area contributed by atoms with Gasteiger partial charge in [-0.3, -0.25) is 0 Å². The number of halogens is 2. The van der Waals surface area contributed by atoms with Crippen molar-refractivity contribution in [3.8, 4) is 5.69 Å². The molecule has 22 heavy (non-hydrogen) atoms. The second-order valence-electron chi connectivity index (χ2n) is 5.95. The molecule has 1 aromatic carbocycles. The lowest BCUT2D eigenvalue weighted by Gasteiger charge is -2.17. The van der Waals surface area contributed by atoms with Gasteiger partial charge in [0.15, 0.2) is 0 Å². The van der Waals surface area contributed by atoms with E-state index in [2.05, 4.69) is 10.4 Å². The molecule has 0 unspecified atom stereocenters. The standard InChI is InChI=1S/C16H20ClFN4/c17-13-1-3-15(4-2-13)22-10-12(9-21-22)8-20-14-5-6-16(18,7-14)11-19/h1-4,9-10,14,20H,5-8,11,19H2/t14-,16+/m0/s1. The summed E-state index contributed by atoms with van der Waals surface area (Å²) in [5.41, 5.74) is 6.33. The van der Waals surface area contributed by atoms with Crippen molar-refractivity contribution in [2.24, 2.45) is 5.73 Å². The van der Waals surface area contributed by atoms with Crippen LogP contribution in [0.5, 0.6) is 0 Å². The zero-order chi connectivity index (χ0) is 15.6. The largest absolute Gasteiger partial charge is 0.328 e. The maximum atomic E-state index is 14.1. The lowest BCUT2D eigenvalue weighted by molar-refractivity contribution is 0.179. The van der Waals surface area contributed by atoms with Crippen molar-refractivity contribution < 1.29 is 4.39 Å². The highest BCUT2D eigenvalue weighted by molar-refractivity contribution is 6.30. The second kappa shape index (κ2) is 6.36. The Morgan fingerprint density at radius 3 is 2.86 bits per heavy atom. The van der Waals surface area contributed by atoms with Crippen LogP contribution in [0.3, 0.4) is 0 Å². The first-order valence-corrected chi connectivity index (χ1v) is 7.88. The molecule has 3 rings (SSSR count). The summed E-state index contributed by atoms with van der Waals surface area (Å²) in [4.78, 5) is 0. The highest BCUT2D eigenvalue weighted by Gasteiger charge is 2.37. The smallest absolute Gasteiger partial charge is 0.124 e. The molecule has 0 saturated heterocycles. The minimum absolute atomic E-state index is 0.111. The van der Waals surface area contributed by atoms with Gasteiger partial charge in [-0.1, -0.05) is 11.6 Å². The molecule has 6 heteroatoms. The summed E-state index contributed by atoms with van der Waals surface area (Å²) in [6, 6.07) is 7.70. The molecular weight excluding hydrogens is 303 g/mol. The number of hydrogen-bond donors (Lipinski definition) is 2. The maximum Gasteiger partial charge on any atom is 0.124 e. The maximum absolute atomic E-state index is 14.1. The van der Waals surface area contributed by atoms with E-state index in [1.165, 1.54) is 0 Å². The molecule has 0 amide bonds. The van der Waals surface area contributed by atoms with Crippen molar-refractivity contribution in [1.29, 1.82) is 0 Å². The van der Waals surface area contributed by atoms with Crippen LogP contribution in [-0.2, 0) is 6.54 Å². The number of hydrogen-bond acceptors (Lipinski definition) is 3. The van der Waals surface area contributed by atoms with Crippen molar-refractivity contribution >= 4 is 11.6 Å². The van der Waals surface area contributed by atoms with Crippen molar-refractivity contribution in [1.82, 2.24) is 15.1 Å². The third-order valence-corrected chi connectivity index (χ3v) is 4.49. The van der Waals surface area contributed by atoms with Crippen LogP contribution in [0.2, 0.25) is 5.02 Å². The predicted octanol–water partition coefficient (Wildman–Crippen LogP) is 2.83. The second-order valence-corrected chi connectivity index (χ2v) is 6.38. The lowest BCUT2D eigenvalue weighted by Crippen LogP contribution is -2.33. The van der Waals surface area contributed by atoms with E-state index in [1.807, 2.05) is 36.7 Å². The molecule has 118 valence electrons. The molecule has 0 bridgehead atoms. The van der Waals surface area contributed by atoms with E-state index in [4.69, 9.17) is 17.3 Å². The quantitative estimate of drug-likeness (QED) is 0.890. The van der Waals surface area contributed by atoms with Crippen LogP contribution in [0.25, 0.3) is 5.69 Å². The lowest BCUT2D eigenvalue weighted by atomic mass is 10.1. The zero-order valence-electron chi connectivity index (χ0n) is 12.3. The van der Waals surface area contributed by atoms with Gasteiger partial charge >= 0.3 is 0 Å². The Bertz CT molecular complexity index is 627. The van der Waals surface area contributed by atoms with E-state index in [-0.39, 0.29) is 12.6 Å². The first-order chi connectivity index (χ1) is 10.6. The minimum Gasteiger partial charge on any atom is -0.328 e. The van der Waals surface area contributed by atoms with Gasteiger partial charge in [0.05, 0.1) is 11.9 Å². The summed E-state index contributed by atoms with van der Waals surface area (Å²) >= 11 is 5.88. The molecular formula is C16H20ClFN4. The number of aromatic nitrogens is 2. The van der Waals surface area contributed by atoms with Crippen LogP contribution in [0, 0.1) is 0 Å². The molecule has 0 spiro atoms. The van der Waals surface area contributed by atoms with Gasteiger partial charge in [0.2, 0.25) is 0 Å². The van der Waals surface area contributed by atoms with E-state index in [0.29, 0.717) is 24.4 Å². The minimum atomic E-state index is -1.19. The summed E-state index contributed by atoms with van der Waals surface area (Å²) in [6.45, 7) is 0.790. The molecule has 2 aromatic rings. The predicted molar refractivity (Wildman–Crippen MR) is 85.9 cm³/mol. The van der Waals surface area contributed by atoms with Crippen molar-refractivity contribution in [3.63, 3.8) is 0 Å². The van der Waals surface area contributed by atoms with Crippen LogP contribution >= 0.6 is 11.6 Å². The Balaban J connectivity index is 1.57. The van der Waals surface area contributed by atoms with Crippen LogP contribution in [0.1, 0.15) is 24.8 Å². The fraction of sp³-hybridized carbons (Fsp3) is 0.438. The monoisotopic (exact) mass is 322 g/mol. The van der Waals surface area contributed by atoms with Crippen molar-refractivity contribution in [3.05, 3.63) is 47.2 Å². The van der Waals surface area contributed by atoms with E-state index in [1.54, 1.807) is 4.68 Å². The van der Waals surface area contributed by atoms with Crippen LogP contribution in [-0.4, -0.2) is 28.0 Å². The SMILES string of the molecule is NC[C@@]1(F)CC[C@H](NCc2cnn(-c3ccc(Cl)cc3)c2)C1. The first kappa shape index (κ1) is 15.5. The number of nitrogens with two attached hydrogens (primary N) is 1. The van der Waals surface area contributed by atoms with Gasteiger partial charge in [0.25, 0.3) is 0 Å². The van der Waals surface area contributed by atoms with Crippen molar-refractivity contribution in [2.75, 3.05) is 6.54 Å². The van der Waals surface area contributed by atoms with E-state index in [9.17, 15) is 4.39 Å².